The normalized spacial score (nSPS) is 14.5. The van der Waals surface area contributed by atoms with E-state index in [1.807, 2.05) is 6.08 Å². The van der Waals surface area contributed by atoms with Crippen molar-refractivity contribution in [2.24, 2.45) is 5.92 Å². The minimum absolute atomic E-state index is 0.111. The zero-order chi connectivity index (χ0) is 32.0. The number of aliphatic hydroxyl groups excluding tert-OH is 3. The fourth-order valence-corrected chi connectivity index (χ4v) is 5.02. The summed E-state index contributed by atoms with van der Waals surface area (Å²) in [6.45, 7) is 6.27. The molecular formula is C36H68O7. The van der Waals surface area contributed by atoms with Gasteiger partial charge >= 0.3 is 11.9 Å². The van der Waals surface area contributed by atoms with Gasteiger partial charge in [0.15, 0.2) is 6.10 Å². The van der Waals surface area contributed by atoms with Crippen molar-refractivity contribution in [3.05, 3.63) is 12.2 Å². The molecule has 254 valence electrons. The maximum absolute atomic E-state index is 12.1. The molecule has 4 atom stereocenters. The van der Waals surface area contributed by atoms with Gasteiger partial charge < -0.3 is 24.8 Å². The average Bonchev–Trinajstić information content (AvgIpc) is 3.00. The van der Waals surface area contributed by atoms with Crippen molar-refractivity contribution in [2.75, 3.05) is 13.2 Å². The first-order chi connectivity index (χ1) is 20.8. The third-order valence-electron chi connectivity index (χ3n) is 8.30. The summed E-state index contributed by atoms with van der Waals surface area (Å²) in [5.41, 5.74) is 0. The summed E-state index contributed by atoms with van der Waals surface area (Å²) < 4.78 is 10.5. The van der Waals surface area contributed by atoms with Crippen LogP contribution in [0.3, 0.4) is 0 Å². The number of hydrogen-bond donors (Lipinski definition) is 3. The minimum atomic E-state index is -0.823. The lowest BCUT2D eigenvalue weighted by molar-refractivity contribution is -0.161. The summed E-state index contributed by atoms with van der Waals surface area (Å²) in [7, 11) is 0. The third-order valence-corrected chi connectivity index (χ3v) is 8.30. The Labute approximate surface area is 264 Å². The van der Waals surface area contributed by atoms with Crippen LogP contribution in [-0.2, 0) is 19.1 Å². The Balaban J connectivity index is 3.73. The van der Waals surface area contributed by atoms with E-state index in [2.05, 4.69) is 26.8 Å². The van der Waals surface area contributed by atoms with E-state index >= 15 is 0 Å². The van der Waals surface area contributed by atoms with Crippen LogP contribution in [0.2, 0.25) is 0 Å². The molecule has 0 saturated carbocycles. The number of allylic oxidation sites excluding steroid dienone is 1. The largest absolute Gasteiger partial charge is 0.462 e. The van der Waals surface area contributed by atoms with Crippen molar-refractivity contribution in [3.8, 4) is 0 Å². The Morgan fingerprint density at radius 3 is 1.81 bits per heavy atom. The average molecular weight is 613 g/mol. The molecule has 3 N–H and O–H groups in total. The molecule has 7 heteroatoms. The number of hydrogen-bond acceptors (Lipinski definition) is 7. The Hall–Kier alpha value is -1.44. The van der Waals surface area contributed by atoms with Gasteiger partial charge in [0.25, 0.3) is 0 Å². The van der Waals surface area contributed by atoms with E-state index in [4.69, 9.17) is 9.47 Å². The van der Waals surface area contributed by atoms with E-state index in [9.17, 15) is 24.9 Å². The zero-order valence-electron chi connectivity index (χ0n) is 28.1. The highest BCUT2D eigenvalue weighted by Crippen LogP contribution is 2.16. The molecule has 0 spiro atoms. The Kier molecular flexibility index (Phi) is 29.6. The van der Waals surface area contributed by atoms with E-state index in [1.54, 1.807) is 0 Å². The summed E-state index contributed by atoms with van der Waals surface area (Å²) in [6, 6.07) is 0. The van der Waals surface area contributed by atoms with Gasteiger partial charge in [-0.1, -0.05) is 129 Å². The lowest BCUT2D eigenvalue weighted by Crippen LogP contribution is -2.28. The van der Waals surface area contributed by atoms with E-state index in [-0.39, 0.29) is 25.6 Å². The monoisotopic (exact) mass is 612 g/mol. The maximum atomic E-state index is 12.1. The Morgan fingerprint density at radius 1 is 0.674 bits per heavy atom. The number of aliphatic hydroxyl groups is 3. The number of esters is 2. The van der Waals surface area contributed by atoms with Crippen LogP contribution in [0.25, 0.3) is 0 Å². The van der Waals surface area contributed by atoms with Crippen LogP contribution in [-0.4, -0.2) is 58.8 Å². The highest BCUT2D eigenvalue weighted by molar-refractivity contribution is 5.70. The van der Waals surface area contributed by atoms with Crippen molar-refractivity contribution >= 4 is 11.9 Å². The third kappa shape index (κ3) is 27.8. The number of rotatable bonds is 31. The van der Waals surface area contributed by atoms with Gasteiger partial charge in [0, 0.05) is 12.8 Å². The molecule has 0 saturated heterocycles. The minimum Gasteiger partial charge on any atom is -0.462 e. The molecule has 0 bridgehead atoms. The summed E-state index contributed by atoms with van der Waals surface area (Å²) in [5.74, 6) is 0.144. The van der Waals surface area contributed by atoms with Crippen LogP contribution in [0.4, 0.5) is 0 Å². The Morgan fingerprint density at radius 2 is 1.23 bits per heavy atom. The van der Waals surface area contributed by atoms with Gasteiger partial charge in [-0.15, -0.1) is 0 Å². The van der Waals surface area contributed by atoms with Gasteiger partial charge in [-0.25, -0.2) is 0 Å². The molecule has 0 heterocycles. The number of unbranched alkanes of at least 4 members (excludes halogenated alkanes) is 14. The molecule has 0 amide bonds. The van der Waals surface area contributed by atoms with Crippen LogP contribution in [0.15, 0.2) is 12.2 Å². The van der Waals surface area contributed by atoms with Gasteiger partial charge in [0.1, 0.15) is 6.61 Å². The molecule has 0 aromatic rings. The molecular weight excluding hydrogens is 544 g/mol. The van der Waals surface area contributed by atoms with Crippen LogP contribution in [0, 0.1) is 5.92 Å². The molecule has 0 rings (SSSR count). The van der Waals surface area contributed by atoms with Crippen molar-refractivity contribution in [3.63, 3.8) is 0 Å². The van der Waals surface area contributed by atoms with Gasteiger partial charge in [-0.2, -0.15) is 0 Å². The van der Waals surface area contributed by atoms with Crippen LogP contribution in [0.1, 0.15) is 168 Å². The SMILES string of the molecule is CCCCC/C=C\C[C@H](O)[C@@H](O)CCCCCCCC(=O)O[C@@H](CO)COC(=O)CCCCCCCCCCC(C)CC. The lowest BCUT2D eigenvalue weighted by atomic mass is 9.99. The van der Waals surface area contributed by atoms with Crippen LogP contribution >= 0.6 is 0 Å². The topological polar surface area (TPSA) is 113 Å². The first-order valence-corrected chi connectivity index (χ1v) is 17.8. The summed E-state index contributed by atoms with van der Waals surface area (Å²) in [5, 5.41) is 29.8. The van der Waals surface area contributed by atoms with Crippen molar-refractivity contribution in [1.29, 1.82) is 0 Å². The second-order valence-electron chi connectivity index (χ2n) is 12.5. The van der Waals surface area contributed by atoms with E-state index in [0.29, 0.717) is 25.7 Å². The molecule has 0 aromatic heterocycles. The van der Waals surface area contributed by atoms with Crippen LogP contribution in [0.5, 0.6) is 0 Å². The predicted molar refractivity (Wildman–Crippen MR) is 176 cm³/mol. The van der Waals surface area contributed by atoms with Crippen molar-refractivity contribution < 1.29 is 34.4 Å². The molecule has 0 aromatic carbocycles. The van der Waals surface area contributed by atoms with Gasteiger partial charge in [-0.05, 0) is 44.4 Å². The smallest absolute Gasteiger partial charge is 0.306 e. The number of ether oxygens (including phenoxy) is 2. The molecule has 0 radical (unpaired) electrons. The van der Waals surface area contributed by atoms with E-state index in [1.165, 1.54) is 64.2 Å². The molecule has 0 aliphatic heterocycles. The molecule has 1 unspecified atom stereocenters. The number of carbonyl (C=O) groups is 2. The molecule has 0 fully saturated rings. The Bertz CT molecular complexity index is 666. The second kappa shape index (κ2) is 30.6. The van der Waals surface area contributed by atoms with Crippen molar-refractivity contribution in [1.82, 2.24) is 0 Å². The highest BCUT2D eigenvalue weighted by Gasteiger charge is 2.16. The van der Waals surface area contributed by atoms with E-state index < -0.39 is 24.3 Å². The highest BCUT2D eigenvalue weighted by atomic mass is 16.6. The fraction of sp³-hybridized carbons (Fsp3) is 0.889. The molecule has 0 aliphatic rings. The zero-order valence-corrected chi connectivity index (χ0v) is 28.1. The predicted octanol–water partition coefficient (Wildman–Crippen LogP) is 8.36. The summed E-state index contributed by atoms with van der Waals surface area (Å²) in [6.07, 6.45) is 24.3. The second-order valence-corrected chi connectivity index (χ2v) is 12.5. The molecule has 7 nitrogen and oxygen atoms in total. The molecule has 0 aliphatic carbocycles. The standard InChI is InChI=1S/C36H68O7/c1-4-6-7-8-15-20-25-33(38)34(39)26-21-16-13-18-23-28-36(41)43-32(29-37)30-42-35(40)27-22-17-12-10-9-11-14-19-24-31(3)5-2/h15,20,31-34,37-39H,4-14,16-19,21-30H2,1-3H3/b20-15-/t31?,32-,33-,34-/m0/s1. The summed E-state index contributed by atoms with van der Waals surface area (Å²) in [4.78, 5) is 24.2. The fourth-order valence-electron chi connectivity index (χ4n) is 5.02. The first kappa shape index (κ1) is 41.6. The summed E-state index contributed by atoms with van der Waals surface area (Å²) >= 11 is 0. The van der Waals surface area contributed by atoms with E-state index in [0.717, 1.165) is 57.3 Å². The van der Waals surface area contributed by atoms with Crippen LogP contribution < -0.4 is 0 Å². The van der Waals surface area contributed by atoms with Gasteiger partial charge in [0.05, 0.1) is 18.8 Å². The molecule has 43 heavy (non-hydrogen) atoms. The van der Waals surface area contributed by atoms with Gasteiger partial charge in [-0.3, -0.25) is 9.59 Å². The lowest BCUT2D eigenvalue weighted by Gasteiger charge is -2.16. The quantitative estimate of drug-likeness (QED) is 0.0409. The first-order valence-electron chi connectivity index (χ1n) is 17.8. The maximum Gasteiger partial charge on any atom is 0.306 e. The van der Waals surface area contributed by atoms with Crippen molar-refractivity contribution in [2.45, 2.75) is 187 Å². The number of carbonyl (C=O) groups excluding carboxylic acids is 2. The van der Waals surface area contributed by atoms with Gasteiger partial charge in [0.2, 0.25) is 0 Å².